The number of hydrogen-bond donors (Lipinski definition) is 2. The van der Waals surface area contributed by atoms with Gasteiger partial charge in [0.1, 0.15) is 23.8 Å². The lowest BCUT2D eigenvalue weighted by atomic mass is 9.65. The number of aromatic nitrogens is 1. The SMILES string of the molecule is O=[SH](=O)c1cccc(C2CC(O)(c3ccc(OCc4c(-c5c(Cl)cccc5Cl)noc4C4CC4)cc3Cl)C2)c1. The van der Waals surface area contributed by atoms with Gasteiger partial charge in [0.05, 0.1) is 31.1 Å². The highest BCUT2D eigenvalue weighted by molar-refractivity contribution is 7.72. The summed E-state index contributed by atoms with van der Waals surface area (Å²) in [7, 11) is -2.65. The standard InChI is InChI=1S/C29H24Cl3NO5S/c30-23-5-2-6-24(31)26(23)27-21(28(38-33-27)16-7-8-16)15-37-19-9-10-22(25(32)12-19)29(34)13-18(14-29)17-3-1-4-20(11-17)39(35)36/h1-6,9-12,16,18,34,39H,7-8,13-15H2. The van der Waals surface area contributed by atoms with E-state index in [2.05, 4.69) is 5.16 Å². The maximum Gasteiger partial charge on any atom is 0.168 e. The molecule has 6 nitrogen and oxygen atoms in total. The van der Waals surface area contributed by atoms with Gasteiger partial charge in [-0.3, -0.25) is 0 Å². The van der Waals surface area contributed by atoms with Gasteiger partial charge in [-0.2, -0.15) is 0 Å². The van der Waals surface area contributed by atoms with Crippen LogP contribution in [0, 0.1) is 0 Å². The van der Waals surface area contributed by atoms with Gasteiger partial charge < -0.3 is 14.4 Å². The largest absolute Gasteiger partial charge is 0.489 e. The Labute approximate surface area is 242 Å². The van der Waals surface area contributed by atoms with Gasteiger partial charge in [-0.05, 0) is 73.6 Å². The number of halogens is 3. The van der Waals surface area contributed by atoms with Crippen molar-refractivity contribution in [2.24, 2.45) is 0 Å². The summed E-state index contributed by atoms with van der Waals surface area (Å²) in [5.74, 6) is 1.66. The number of ether oxygens (including phenoxy) is 1. The highest BCUT2D eigenvalue weighted by Gasteiger charge is 2.45. The topological polar surface area (TPSA) is 89.6 Å². The van der Waals surface area contributed by atoms with Crippen LogP contribution in [0.2, 0.25) is 15.1 Å². The van der Waals surface area contributed by atoms with E-state index in [0.717, 1.165) is 29.7 Å². The van der Waals surface area contributed by atoms with Crippen molar-refractivity contribution in [2.75, 3.05) is 0 Å². The number of thiol groups is 1. The van der Waals surface area contributed by atoms with Crippen molar-refractivity contribution in [3.05, 3.63) is 98.2 Å². The van der Waals surface area contributed by atoms with Crippen LogP contribution in [-0.4, -0.2) is 18.7 Å². The molecule has 0 unspecified atom stereocenters. The minimum Gasteiger partial charge on any atom is -0.489 e. The fourth-order valence-corrected chi connectivity index (χ4v) is 6.66. The summed E-state index contributed by atoms with van der Waals surface area (Å²) in [6.07, 6.45) is 2.94. The third-order valence-electron chi connectivity index (χ3n) is 7.51. The Morgan fingerprint density at radius 2 is 1.67 bits per heavy atom. The first-order chi connectivity index (χ1) is 18.7. The number of hydrogen-bond acceptors (Lipinski definition) is 6. The van der Waals surface area contributed by atoms with Crippen molar-refractivity contribution in [1.29, 1.82) is 0 Å². The van der Waals surface area contributed by atoms with Crippen molar-refractivity contribution in [1.82, 2.24) is 5.16 Å². The molecule has 1 N–H and O–H groups in total. The molecule has 0 saturated heterocycles. The van der Waals surface area contributed by atoms with Gasteiger partial charge in [0.25, 0.3) is 0 Å². The smallest absolute Gasteiger partial charge is 0.168 e. The lowest BCUT2D eigenvalue weighted by molar-refractivity contribution is -0.0549. The van der Waals surface area contributed by atoms with Crippen molar-refractivity contribution < 1.29 is 22.8 Å². The molecule has 2 aliphatic carbocycles. The molecule has 1 aromatic heterocycles. The molecule has 2 saturated carbocycles. The van der Waals surface area contributed by atoms with Gasteiger partial charge in [0.15, 0.2) is 10.7 Å². The Morgan fingerprint density at radius 3 is 2.33 bits per heavy atom. The van der Waals surface area contributed by atoms with E-state index in [1.807, 2.05) is 6.07 Å². The van der Waals surface area contributed by atoms with E-state index in [1.54, 1.807) is 54.6 Å². The van der Waals surface area contributed by atoms with E-state index in [9.17, 15) is 13.5 Å². The molecule has 2 fully saturated rings. The van der Waals surface area contributed by atoms with Crippen molar-refractivity contribution in [2.45, 2.75) is 54.6 Å². The zero-order valence-corrected chi connectivity index (χ0v) is 23.7. The summed E-state index contributed by atoms with van der Waals surface area (Å²) in [6.45, 7) is 0.187. The molecule has 2 aliphatic rings. The predicted molar refractivity (Wildman–Crippen MR) is 151 cm³/mol. The van der Waals surface area contributed by atoms with Crippen LogP contribution < -0.4 is 4.74 Å². The maximum atomic E-state index is 11.3. The average Bonchev–Trinajstić information content (AvgIpc) is 3.66. The zero-order valence-electron chi connectivity index (χ0n) is 20.6. The lowest BCUT2D eigenvalue weighted by Gasteiger charge is -2.44. The first-order valence-electron chi connectivity index (χ1n) is 12.6. The number of rotatable bonds is 8. The van der Waals surface area contributed by atoms with Crippen molar-refractivity contribution in [3.8, 4) is 17.0 Å². The van der Waals surface area contributed by atoms with E-state index in [1.165, 1.54) is 0 Å². The second-order valence-corrected chi connectivity index (χ2v) is 12.4. The van der Waals surface area contributed by atoms with Crippen LogP contribution in [0.4, 0.5) is 0 Å². The molecule has 0 amide bonds. The highest BCUT2D eigenvalue weighted by atomic mass is 35.5. The van der Waals surface area contributed by atoms with E-state index < -0.39 is 16.3 Å². The Hall–Kier alpha value is -2.55. The number of nitrogens with zero attached hydrogens (tertiary/aromatic N) is 1. The van der Waals surface area contributed by atoms with Crippen LogP contribution in [0.15, 0.2) is 70.1 Å². The summed E-state index contributed by atoms with van der Waals surface area (Å²) < 4.78 is 34.5. The van der Waals surface area contributed by atoms with Crippen LogP contribution in [0.25, 0.3) is 11.3 Å². The molecule has 3 aromatic carbocycles. The molecule has 0 bridgehead atoms. The number of aliphatic hydroxyl groups is 1. The molecule has 0 spiro atoms. The molecule has 0 aliphatic heterocycles. The minimum atomic E-state index is -2.65. The van der Waals surface area contributed by atoms with Crippen LogP contribution in [0.1, 0.15) is 60.0 Å². The van der Waals surface area contributed by atoms with E-state index in [0.29, 0.717) is 56.4 Å². The van der Waals surface area contributed by atoms with Crippen LogP contribution >= 0.6 is 34.8 Å². The summed E-state index contributed by atoms with van der Waals surface area (Å²) in [4.78, 5) is 0.273. The molecule has 202 valence electrons. The maximum absolute atomic E-state index is 11.3. The third-order valence-corrected chi connectivity index (χ3v) is 9.15. The van der Waals surface area contributed by atoms with Gasteiger partial charge in [0.2, 0.25) is 0 Å². The normalized spacial score (nSPS) is 20.7. The van der Waals surface area contributed by atoms with Gasteiger partial charge in [0, 0.05) is 17.0 Å². The molecule has 1 heterocycles. The Kier molecular flexibility index (Phi) is 7.14. The summed E-state index contributed by atoms with van der Waals surface area (Å²) in [5.41, 5.74) is 2.38. The molecule has 0 radical (unpaired) electrons. The van der Waals surface area contributed by atoms with E-state index in [-0.39, 0.29) is 17.4 Å². The first-order valence-corrected chi connectivity index (χ1v) is 14.9. The minimum absolute atomic E-state index is 0.0429. The second-order valence-electron chi connectivity index (χ2n) is 10.2. The average molecular weight is 605 g/mol. The summed E-state index contributed by atoms with van der Waals surface area (Å²) in [6, 6.07) is 17.4. The quantitative estimate of drug-likeness (QED) is 0.203. The molecular weight excluding hydrogens is 581 g/mol. The van der Waals surface area contributed by atoms with E-state index in [4.69, 9.17) is 44.1 Å². The molecular formula is C29H24Cl3NO5S. The first kappa shape index (κ1) is 26.7. The van der Waals surface area contributed by atoms with Gasteiger partial charge in [-0.15, -0.1) is 0 Å². The van der Waals surface area contributed by atoms with Crippen LogP contribution in [-0.2, 0) is 22.9 Å². The lowest BCUT2D eigenvalue weighted by Crippen LogP contribution is -2.40. The fraction of sp³-hybridized carbons (Fsp3) is 0.276. The Balaban J connectivity index is 1.19. The third kappa shape index (κ3) is 5.19. The highest BCUT2D eigenvalue weighted by Crippen LogP contribution is 2.53. The van der Waals surface area contributed by atoms with Crippen LogP contribution in [0.3, 0.4) is 0 Å². The van der Waals surface area contributed by atoms with Gasteiger partial charge >= 0.3 is 0 Å². The van der Waals surface area contributed by atoms with Crippen molar-refractivity contribution in [3.63, 3.8) is 0 Å². The van der Waals surface area contributed by atoms with Crippen molar-refractivity contribution >= 4 is 45.5 Å². The van der Waals surface area contributed by atoms with Crippen LogP contribution in [0.5, 0.6) is 5.75 Å². The van der Waals surface area contributed by atoms with Gasteiger partial charge in [-0.25, -0.2) is 8.42 Å². The molecule has 4 aromatic rings. The molecule has 0 atom stereocenters. The fourth-order valence-electron chi connectivity index (χ4n) is 5.27. The molecule has 10 heteroatoms. The second kappa shape index (κ2) is 10.5. The Bertz CT molecular complexity index is 1610. The zero-order chi connectivity index (χ0) is 27.3. The summed E-state index contributed by atoms with van der Waals surface area (Å²) >= 11 is 19.5. The number of benzene rings is 3. The van der Waals surface area contributed by atoms with Gasteiger partial charge in [-0.1, -0.05) is 64.2 Å². The monoisotopic (exact) mass is 603 g/mol. The summed E-state index contributed by atoms with van der Waals surface area (Å²) in [5, 5.41) is 16.9. The van der Waals surface area contributed by atoms with E-state index >= 15 is 0 Å². The predicted octanol–water partition coefficient (Wildman–Crippen LogP) is 7.49. The molecule has 6 rings (SSSR count). The molecule has 39 heavy (non-hydrogen) atoms. The Morgan fingerprint density at radius 1 is 0.949 bits per heavy atom.